The van der Waals surface area contributed by atoms with Crippen molar-refractivity contribution in [1.82, 2.24) is 10.2 Å². The molecule has 0 aromatic heterocycles. The lowest BCUT2D eigenvalue weighted by Gasteiger charge is -2.51. The summed E-state index contributed by atoms with van der Waals surface area (Å²) in [5, 5.41) is 3.49. The molecule has 2 rings (SSSR count). The Bertz CT molecular complexity index is 208. The van der Waals surface area contributed by atoms with Gasteiger partial charge in [-0.1, -0.05) is 6.42 Å². The summed E-state index contributed by atoms with van der Waals surface area (Å²) in [7, 11) is 2.13. The minimum Gasteiger partial charge on any atom is -0.317 e. The van der Waals surface area contributed by atoms with Crippen molar-refractivity contribution in [3.8, 4) is 0 Å². The van der Waals surface area contributed by atoms with Gasteiger partial charge in [-0.15, -0.1) is 0 Å². The summed E-state index contributed by atoms with van der Waals surface area (Å²) in [6, 6.07) is 3.25. The first-order chi connectivity index (χ1) is 7.76. The molecule has 0 aliphatic carbocycles. The van der Waals surface area contributed by atoms with Gasteiger partial charge >= 0.3 is 0 Å². The zero-order chi connectivity index (χ0) is 11.5. The van der Waals surface area contributed by atoms with E-state index in [0.717, 1.165) is 24.2 Å². The van der Waals surface area contributed by atoms with Crippen molar-refractivity contribution in [3.63, 3.8) is 0 Å². The molecule has 0 amide bonds. The van der Waals surface area contributed by atoms with Crippen molar-refractivity contribution in [2.75, 3.05) is 19.1 Å². The maximum absolute atomic E-state index is 3.49. The highest BCUT2D eigenvalue weighted by molar-refractivity contribution is 7.98. The summed E-state index contributed by atoms with van der Waals surface area (Å²) in [6.45, 7) is 2.42. The third-order valence-corrected chi connectivity index (χ3v) is 5.17. The molecule has 2 aliphatic rings. The van der Waals surface area contributed by atoms with E-state index < -0.39 is 0 Å². The van der Waals surface area contributed by atoms with Crippen LogP contribution in [-0.2, 0) is 0 Å². The fourth-order valence-electron chi connectivity index (χ4n) is 3.70. The Morgan fingerprint density at radius 2 is 1.94 bits per heavy atom. The van der Waals surface area contributed by atoms with Crippen LogP contribution in [0.5, 0.6) is 0 Å². The van der Waals surface area contributed by atoms with Gasteiger partial charge in [-0.25, -0.2) is 0 Å². The summed E-state index contributed by atoms with van der Waals surface area (Å²) < 4.78 is 0. The van der Waals surface area contributed by atoms with E-state index in [4.69, 9.17) is 0 Å². The first kappa shape index (κ1) is 12.7. The van der Waals surface area contributed by atoms with E-state index >= 15 is 0 Å². The van der Waals surface area contributed by atoms with Crippen molar-refractivity contribution in [3.05, 3.63) is 0 Å². The monoisotopic (exact) mass is 242 g/mol. The molecule has 1 N–H and O–H groups in total. The van der Waals surface area contributed by atoms with Crippen LogP contribution in [0.25, 0.3) is 0 Å². The van der Waals surface area contributed by atoms with E-state index in [1.165, 1.54) is 37.9 Å². The van der Waals surface area contributed by atoms with Crippen LogP contribution in [0.4, 0.5) is 0 Å². The third-order valence-electron chi connectivity index (χ3n) is 4.36. The molecule has 16 heavy (non-hydrogen) atoms. The second-order valence-electron chi connectivity index (χ2n) is 5.45. The number of hydrogen-bond acceptors (Lipinski definition) is 3. The van der Waals surface area contributed by atoms with Crippen LogP contribution in [0, 0.1) is 0 Å². The normalized spacial score (nSPS) is 37.3. The van der Waals surface area contributed by atoms with Gasteiger partial charge in [0, 0.05) is 29.9 Å². The Morgan fingerprint density at radius 3 is 2.44 bits per heavy atom. The molecule has 0 radical (unpaired) electrons. The van der Waals surface area contributed by atoms with Crippen LogP contribution in [0.15, 0.2) is 0 Å². The summed E-state index contributed by atoms with van der Waals surface area (Å²) in [4.78, 5) is 2.84. The average Bonchev–Trinajstić information content (AvgIpc) is 2.27. The number of thioether (sulfide) groups is 1. The Kier molecular flexibility index (Phi) is 4.57. The largest absolute Gasteiger partial charge is 0.317 e. The van der Waals surface area contributed by atoms with Gasteiger partial charge in [0.2, 0.25) is 0 Å². The minimum absolute atomic E-state index is 0.767. The minimum atomic E-state index is 0.767. The molecule has 2 fully saturated rings. The molecule has 0 spiro atoms. The number of nitrogens with one attached hydrogen (secondary N) is 1. The molecule has 3 unspecified atom stereocenters. The van der Waals surface area contributed by atoms with Gasteiger partial charge in [-0.2, -0.15) is 11.8 Å². The number of piperidine rings is 2. The molecule has 0 saturated carbocycles. The Labute approximate surface area is 105 Å². The SMILES string of the molecule is CNC1CC2CCCC(C1)N2C(C)CSC. The topological polar surface area (TPSA) is 15.3 Å². The van der Waals surface area contributed by atoms with Gasteiger partial charge in [0.15, 0.2) is 0 Å². The summed E-state index contributed by atoms with van der Waals surface area (Å²) >= 11 is 1.99. The maximum Gasteiger partial charge on any atom is 0.0163 e. The standard InChI is InChI=1S/C13H26N2S/c1-10(9-16-3)15-12-5-4-6-13(15)8-11(7-12)14-2/h10-14H,4-9H2,1-3H3. The second-order valence-corrected chi connectivity index (χ2v) is 6.36. The molecule has 2 saturated heterocycles. The molecule has 2 nitrogen and oxygen atoms in total. The lowest BCUT2D eigenvalue weighted by atomic mass is 9.81. The van der Waals surface area contributed by atoms with Crippen molar-refractivity contribution in [2.24, 2.45) is 0 Å². The lowest BCUT2D eigenvalue weighted by molar-refractivity contribution is 0.00283. The van der Waals surface area contributed by atoms with Crippen molar-refractivity contribution in [2.45, 2.75) is 63.2 Å². The van der Waals surface area contributed by atoms with E-state index in [9.17, 15) is 0 Å². The molecule has 2 heterocycles. The van der Waals surface area contributed by atoms with Gasteiger partial charge in [-0.05, 0) is 45.9 Å². The predicted octanol–water partition coefficient (Wildman–Crippen LogP) is 2.34. The quantitative estimate of drug-likeness (QED) is 0.814. The average molecular weight is 242 g/mol. The highest BCUT2D eigenvalue weighted by atomic mass is 32.2. The van der Waals surface area contributed by atoms with E-state index in [0.29, 0.717) is 0 Å². The van der Waals surface area contributed by atoms with Crippen molar-refractivity contribution in [1.29, 1.82) is 0 Å². The molecule has 94 valence electrons. The van der Waals surface area contributed by atoms with Crippen molar-refractivity contribution < 1.29 is 0 Å². The highest BCUT2D eigenvalue weighted by Crippen LogP contribution is 2.35. The van der Waals surface area contributed by atoms with E-state index in [1.54, 1.807) is 0 Å². The van der Waals surface area contributed by atoms with Gasteiger partial charge in [0.1, 0.15) is 0 Å². The van der Waals surface area contributed by atoms with Gasteiger partial charge in [0.25, 0.3) is 0 Å². The summed E-state index contributed by atoms with van der Waals surface area (Å²) in [6.07, 6.45) is 9.26. The zero-order valence-electron chi connectivity index (χ0n) is 10.9. The van der Waals surface area contributed by atoms with Crippen molar-refractivity contribution >= 4 is 11.8 Å². The van der Waals surface area contributed by atoms with Crippen LogP contribution < -0.4 is 5.32 Å². The third kappa shape index (κ3) is 2.57. The molecular weight excluding hydrogens is 216 g/mol. The fourth-order valence-corrected chi connectivity index (χ4v) is 4.35. The van der Waals surface area contributed by atoms with E-state index in [2.05, 4.69) is 30.4 Å². The maximum atomic E-state index is 3.49. The molecule has 0 aromatic rings. The Morgan fingerprint density at radius 1 is 1.31 bits per heavy atom. The number of rotatable bonds is 4. The molecule has 3 heteroatoms. The number of nitrogens with zero attached hydrogens (tertiary/aromatic N) is 1. The van der Waals surface area contributed by atoms with Gasteiger partial charge in [-0.3, -0.25) is 4.90 Å². The zero-order valence-corrected chi connectivity index (χ0v) is 11.7. The molecule has 2 aliphatic heterocycles. The second kappa shape index (κ2) is 5.74. The van der Waals surface area contributed by atoms with E-state index in [1.807, 2.05) is 11.8 Å². The summed E-state index contributed by atoms with van der Waals surface area (Å²) in [5.74, 6) is 1.29. The fraction of sp³-hybridized carbons (Fsp3) is 1.00. The Balaban J connectivity index is 2.02. The smallest absolute Gasteiger partial charge is 0.0163 e. The van der Waals surface area contributed by atoms with E-state index in [-0.39, 0.29) is 0 Å². The molecular formula is C13H26N2S. The molecule has 2 bridgehead atoms. The number of hydrogen-bond donors (Lipinski definition) is 1. The van der Waals surface area contributed by atoms with Crippen LogP contribution in [-0.4, -0.2) is 48.1 Å². The predicted molar refractivity (Wildman–Crippen MR) is 73.2 cm³/mol. The summed E-state index contributed by atoms with van der Waals surface area (Å²) in [5.41, 5.74) is 0. The molecule has 3 atom stereocenters. The van der Waals surface area contributed by atoms with Gasteiger partial charge < -0.3 is 5.32 Å². The Hall–Kier alpha value is 0.270. The van der Waals surface area contributed by atoms with Crippen LogP contribution in [0.2, 0.25) is 0 Å². The first-order valence-electron chi connectivity index (χ1n) is 6.70. The number of fused-ring (bicyclic) bond motifs is 2. The molecule has 0 aromatic carbocycles. The highest BCUT2D eigenvalue weighted by Gasteiger charge is 2.39. The van der Waals surface area contributed by atoms with Gasteiger partial charge in [0.05, 0.1) is 0 Å². The lowest BCUT2D eigenvalue weighted by Crippen LogP contribution is -2.59. The van der Waals surface area contributed by atoms with Crippen LogP contribution in [0.1, 0.15) is 39.0 Å². The van der Waals surface area contributed by atoms with Crippen LogP contribution in [0.3, 0.4) is 0 Å². The van der Waals surface area contributed by atoms with Crippen LogP contribution >= 0.6 is 11.8 Å². The first-order valence-corrected chi connectivity index (χ1v) is 8.09.